The van der Waals surface area contributed by atoms with E-state index in [2.05, 4.69) is 27.5 Å². The van der Waals surface area contributed by atoms with Gasteiger partial charge in [0.05, 0.1) is 25.7 Å². The minimum Gasteiger partial charge on any atom is -0.493 e. The molecule has 0 radical (unpaired) electrons. The molecule has 172 valence electrons. The zero-order valence-corrected chi connectivity index (χ0v) is 19.0. The van der Waals surface area contributed by atoms with Gasteiger partial charge < -0.3 is 20.5 Å². The highest BCUT2D eigenvalue weighted by atomic mass is 16.5. The molecule has 0 aliphatic heterocycles. The number of hydrogen-bond acceptors (Lipinski definition) is 5. The summed E-state index contributed by atoms with van der Waals surface area (Å²) < 4.78 is 11.8. The Morgan fingerprint density at radius 2 is 1.97 bits per heavy atom. The molecule has 0 spiro atoms. The van der Waals surface area contributed by atoms with Crippen molar-refractivity contribution in [3.8, 4) is 29.5 Å². The SMILES string of the molecule is COc1ccc(C(C#Cc2ccccc2)CN=C(NC#N)NCCN)cc1OC1CCCC1. The third-order valence-corrected chi connectivity index (χ3v) is 5.39. The molecule has 7 nitrogen and oxygen atoms in total. The summed E-state index contributed by atoms with van der Waals surface area (Å²) in [6, 6.07) is 15.7. The number of benzene rings is 2. The second-order valence-electron chi connectivity index (χ2n) is 7.76. The molecule has 1 aliphatic rings. The molecule has 0 heterocycles. The fourth-order valence-corrected chi connectivity index (χ4v) is 3.68. The molecule has 0 saturated heterocycles. The zero-order chi connectivity index (χ0) is 23.3. The van der Waals surface area contributed by atoms with Gasteiger partial charge in [0.2, 0.25) is 5.96 Å². The summed E-state index contributed by atoms with van der Waals surface area (Å²) in [4.78, 5) is 4.56. The van der Waals surface area contributed by atoms with Crippen LogP contribution in [0.15, 0.2) is 53.5 Å². The Morgan fingerprint density at radius 3 is 2.67 bits per heavy atom. The predicted molar refractivity (Wildman–Crippen MR) is 130 cm³/mol. The lowest BCUT2D eigenvalue weighted by Gasteiger charge is -2.18. The molecule has 3 rings (SSSR count). The maximum absolute atomic E-state index is 9.03. The van der Waals surface area contributed by atoms with Crippen LogP contribution in [0.4, 0.5) is 0 Å². The van der Waals surface area contributed by atoms with Gasteiger partial charge in [-0.05, 0) is 55.5 Å². The van der Waals surface area contributed by atoms with Gasteiger partial charge in [0.1, 0.15) is 0 Å². The number of nitrogens with zero attached hydrogens (tertiary/aromatic N) is 2. The summed E-state index contributed by atoms with van der Waals surface area (Å²) in [5.74, 6) is 8.20. The summed E-state index contributed by atoms with van der Waals surface area (Å²) in [5, 5.41) is 14.6. The normalized spacial score (nSPS) is 14.5. The van der Waals surface area contributed by atoms with Crippen LogP contribution in [0.1, 0.15) is 42.7 Å². The lowest BCUT2D eigenvalue weighted by molar-refractivity contribution is 0.200. The first-order chi connectivity index (χ1) is 16.2. The highest BCUT2D eigenvalue weighted by Gasteiger charge is 2.20. The highest BCUT2D eigenvalue weighted by molar-refractivity contribution is 5.81. The van der Waals surface area contributed by atoms with Crippen molar-refractivity contribution in [1.29, 1.82) is 5.26 Å². The van der Waals surface area contributed by atoms with Crippen LogP contribution in [0.2, 0.25) is 0 Å². The second-order valence-corrected chi connectivity index (χ2v) is 7.76. The van der Waals surface area contributed by atoms with Crippen molar-refractivity contribution in [2.75, 3.05) is 26.7 Å². The monoisotopic (exact) mass is 445 g/mol. The molecule has 33 heavy (non-hydrogen) atoms. The summed E-state index contributed by atoms with van der Waals surface area (Å²) in [7, 11) is 1.65. The van der Waals surface area contributed by atoms with Crippen molar-refractivity contribution in [2.45, 2.75) is 37.7 Å². The number of nitrogens with two attached hydrogens (primary N) is 1. The Balaban J connectivity index is 1.90. The molecule has 2 aromatic carbocycles. The molecule has 0 aromatic heterocycles. The Labute approximate surface area is 196 Å². The first kappa shape index (κ1) is 24.0. The van der Waals surface area contributed by atoms with Gasteiger partial charge in [-0.15, -0.1) is 0 Å². The first-order valence-electron chi connectivity index (χ1n) is 11.3. The zero-order valence-electron chi connectivity index (χ0n) is 19.0. The predicted octanol–water partition coefficient (Wildman–Crippen LogP) is 3.13. The molecule has 7 heteroatoms. The van der Waals surface area contributed by atoms with E-state index in [9.17, 15) is 0 Å². The number of guanidine groups is 1. The molecule has 1 atom stereocenters. The van der Waals surface area contributed by atoms with Crippen LogP contribution in [0.3, 0.4) is 0 Å². The molecule has 1 aliphatic carbocycles. The summed E-state index contributed by atoms with van der Waals surface area (Å²) in [6.07, 6.45) is 6.63. The Hall–Kier alpha value is -3.68. The van der Waals surface area contributed by atoms with Gasteiger partial charge in [-0.1, -0.05) is 36.1 Å². The van der Waals surface area contributed by atoms with Crippen molar-refractivity contribution < 1.29 is 9.47 Å². The van der Waals surface area contributed by atoms with E-state index < -0.39 is 0 Å². The van der Waals surface area contributed by atoms with Crippen LogP contribution in [-0.2, 0) is 0 Å². The van der Waals surface area contributed by atoms with E-state index in [1.54, 1.807) is 7.11 Å². The van der Waals surface area contributed by atoms with Crippen molar-refractivity contribution in [2.24, 2.45) is 10.7 Å². The van der Waals surface area contributed by atoms with E-state index in [-0.39, 0.29) is 12.0 Å². The van der Waals surface area contributed by atoms with Crippen molar-refractivity contribution >= 4 is 5.96 Å². The third-order valence-electron chi connectivity index (χ3n) is 5.39. The smallest absolute Gasteiger partial charge is 0.204 e. The van der Waals surface area contributed by atoms with Gasteiger partial charge in [-0.2, -0.15) is 5.26 Å². The number of rotatable bonds is 8. The van der Waals surface area contributed by atoms with Crippen LogP contribution >= 0.6 is 0 Å². The fourth-order valence-electron chi connectivity index (χ4n) is 3.68. The Kier molecular flexibility index (Phi) is 9.45. The van der Waals surface area contributed by atoms with Gasteiger partial charge in [0.25, 0.3) is 0 Å². The average Bonchev–Trinajstić information content (AvgIpc) is 3.36. The van der Waals surface area contributed by atoms with Gasteiger partial charge in [0.15, 0.2) is 17.7 Å². The fraction of sp³-hybridized carbons (Fsp3) is 0.385. The van der Waals surface area contributed by atoms with Crippen molar-refractivity contribution in [3.63, 3.8) is 0 Å². The van der Waals surface area contributed by atoms with Crippen LogP contribution in [-0.4, -0.2) is 38.8 Å². The molecule has 0 bridgehead atoms. The molecule has 4 N–H and O–H groups in total. The average molecular weight is 446 g/mol. The second kappa shape index (κ2) is 13.0. The number of aliphatic imine (C=N–C) groups is 1. The number of methoxy groups -OCH3 is 1. The standard InChI is InChI=1S/C26H31N5O2/c1-32-24-14-13-21(17-25(24)33-23-9-5-6-10-23)22(12-11-20-7-3-2-4-8-20)18-30-26(31-19-28)29-16-15-27/h2-4,7-8,13-14,17,22-23H,5-6,9-10,15-16,18,27H2,1H3,(H2,29,30,31). The number of nitrogens with one attached hydrogen (secondary N) is 2. The van der Waals surface area contributed by atoms with E-state index in [4.69, 9.17) is 20.5 Å². The minimum absolute atomic E-state index is 0.211. The van der Waals surface area contributed by atoms with E-state index in [0.717, 1.165) is 29.7 Å². The molecular formula is C26H31N5O2. The van der Waals surface area contributed by atoms with Crippen LogP contribution in [0.25, 0.3) is 0 Å². The topological polar surface area (TPSA) is 105 Å². The molecule has 2 aromatic rings. The first-order valence-corrected chi connectivity index (χ1v) is 11.3. The molecular weight excluding hydrogens is 414 g/mol. The molecule has 1 saturated carbocycles. The summed E-state index contributed by atoms with van der Waals surface area (Å²) >= 11 is 0. The van der Waals surface area contributed by atoms with E-state index in [0.29, 0.717) is 31.3 Å². The minimum atomic E-state index is -0.211. The largest absolute Gasteiger partial charge is 0.493 e. The van der Waals surface area contributed by atoms with Crippen LogP contribution < -0.4 is 25.8 Å². The molecule has 1 unspecified atom stereocenters. The maximum atomic E-state index is 9.03. The lowest BCUT2D eigenvalue weighted by atomic mass is 9.98. The maximum Gasteiger partial charge on any atom is 0.204 e. The summed E-state index contributed by atoms with van der Waals surface area (Å²) in [5.41, 5.74) is 7.47. The van der Waals surface area contributed by atoms with Crippen molar-refractivity contribution in [1.82, 2.24) is 10.6 Å². The molecule has 0 amide bonds. The number of nitriles is 1. The van der Waals surface area contributed by atoms with Crippen LogP contribution in [0, 0.1) is 23.3 Å². The number of hydrogen-bond donors (Lipinski definition) is 3. The van der Waals surface area contributed by atoms with Crippen LogP contribution in [0.5, 0.6) is 11.5 Å². The summed E-state index contributed by atoms with van der Waals surface area (Å²) in [6.45, 7) is 1.30. The highest BCUT2D eigenvalue weighted by Crippen LogP contribution is 2.34. The quantitative estimate of drug-likeness (QED) is 0.190. The Bertz CT molecular complexity index is 1010. The number of ether oxygens (including phenoxy) is 2. The lowest BCUT2D eigenvalue weighted by Crippen LogP contribution is -2.37. The van der Waals surface area contributed by atoms with Crippen molar-refractivity contribution in [3.05, 3.63) is 59.7 Å². The van der Waals surface area contributed by atoms with Gasteiger partial charge in [-0.25, -0.2) is 0 Å². The van der Waals surface area contributed by atoms with Gasteiger partial charge in [-0.3, -0.25) is 10.3 Å². The van der Waals surface area contributed by atoms with E-state index >= 15 is 0 Å². The molecule has 1 fully saturated rings. The van der Waals surface area contributed by atoms with Gasteiger partial charge in [0, 0.05) is 18.7 Å². The van der Waals surface area contributed by atoms with Gasteiger partial charge >= 0.3 is 0 Å². The Morgan fingerprint density at radius 1 is 1.18 bits per heavy atom. The van der Waals surface area contributed by atoms with E-state index in [1.807, 2.05) is 54.7 Å². The van der Waals surface area contributed by atoms with E-state index in [1.165, 1.54) is 12.8 Å². The third kappa shape index (κ3) is 7.45.